The molecule has 1 amide bonds. The SMILES string of the molecule is NCC1(C(=O)N[C@H](Cc2cnc[nH]2)C(=O)O)CC1. The number of aromatic nitrogens is 2. The lowest BCUT2D eigenvalue weighted by Gasteiger charge is -2.18. The Hall–Kier alpha value is -1.89. The van der Waals surface area contributed by atoms with Crippen LogP contribution in [0.1, 0.15) is 18.5 Å². The van der Waals surface area contributed by atoms with Gasteiger partial charge in [0.15, 0.2) is 0 Å². The maximum atomic E-state index is 11.9. The fourth-order valence-electron chi connectivity index (χ4n) is 1.80. The van der Waals surface area contributed by atoms with Gasteiger partial charge in [-0.05, 0) is 12.8 Å². The van der Waals surface area contributed by atoms with Gasteiger partial charge in [-0.25, -0.2) is 9.78 Å². The minimum absolute atomic E-state index is 0.182. The molecule has 1 aliphatic rings. The van der Waals surface area contributed by atoms with Crippen molar-refractivity contribution in [3.05, 3.63) is 18.2 Å². The van der Waals surface area contributed by atoms with Gasteiger partial charge in [0, 0.05) is 24.9 Å². The molecule has 0 radical (unpaired) electrons. The van der Waals surface area contributed by atoms with E-state index in [1.165, 1.54) is 12.5 Å². The number of rotatable bonds is 6. The molecule has 5 N–H and O–H groups in total. The van der Waals surface area contributed by atoms with Crippen LogP contribution < -0.4 is 11.1 Å². The number of aromatic amines is 1. The molecule has 1 atom stereocenters. The topological polar surface area (TPSA) is 121 Å². The summed E-state index contributed by atoms with van der Waals surface area (Å²) in [7, 11) is 0. The zero-order valence-corrected chi connectivity index (χ0v) is 9.85. The number of nitrogens with two attached hydrogens (primary N) is 1. The summed E-state index contributed by atoms with van der Waals surface area (Å²) in [5.74, 6) is -1.33. The standard InChI is InChI=1S/C11H16N4O3/c12-5-11(1-2-11)10(18)15-8(9(16)17)3-7-4-13-6-14-7/h4,6,8H,1-3,5,12H2,(H,13,14)(H,15,18)(H,16,17)/t8-/m1/s1. The molecule has 1 aromatic rings. The Morgan fingerprint density at radius 3 is 2.78 bits per heavy atom. The first kappa shape index (κ1) is 12.6. The van der Waals surface area contributed by atoms with Gasteiger partial charge in [-0.1, -0.05) is 0 Å². The number of nitrogens with one attached hydrogen (secondary N) is 2. The minimum Gasteiger partial charge on any atom is -0.480 e. The molecule has 18 heavy (non-hydrogen) atoms. The quantitative estimate of drug-likeness (QED) is 0.531. The molecule has 0 aromatic carbocycles. The summed E-state index contributed by atoms with van der Waals surface area (Å²) in [6.07, 6.45) is 4.65. The van der Waals surface area contributed by atoms with Gasteiger partial charge in [0.25, 0.3) is 0 Å². The lowest BCUT2D eigenvalue weighted by Crippen LogP contribution is -2.47. The molecule has 1 heterocycles. The Kier molecular flexibility index (Phi) is 3.33. The highest BCUT2D eigenvalue weighted by atomic mass is 16.4. The van der Waals surface area contributed by atoms with E-state index >= 15 is 0 Å². The number of amides is 1. The van der Waals surface area contributed by atoms with E-state index in [2.05, 4.69) is 15.3 Å². The second kappa shape index (κ2) is 4.77. The van der Waals surface area contributed by atoms with Crippen LogP contribution in [0.25, 0.3) is 0 Å². The predicted octanol–water partition coefficient (Wildman–Crippen LogP) is -0.739. The van der Waals surface area contributed by atoms with E-state index in [0.29, 0.717) is 5.69 Å². The number of carbonyl (C=O) groups excluding carboxylic acids is 1. The van der Waals surface area contributed by atoms with E-state index in [1.807, 2.05) is 0 Å². The van der Waals surface area contributed by atoms with Crippen molar-refractivity contribution < 1.29 is 14.7 Å². The maximum Gasteiger partial charge on any atom is 0.326 e. The van der Waals surface area contributed by atoms with Gasteiger partial charge < -0.3 is 21.1 Å². The number of imidazole rings is 1. The molecular weight excluding hydrogens is 236 g/mol. The average molecular weight is 252 g/mol. The third-order valence-corrected chi connectivity index (χ3v) is 3.31. The van der Waals surface area contributed by atoms with Crippen molar-refractivity contribution >= 4 is 11.9 Å². The van der Waals surface area contributed by atoms with Crippen molar-refractivity contribution in [2.75, 3.05) is 6.54 Å². The molecule has 2 rings (SSSR count). The lowest BCUT2D eigenvalue weighted by atomic mass is 10.1. The molecule has 0 unspecified atom stereocenters. The smallest absolute Gasteiger partial charge is 0.326 e. The Morgan fingerprint density at radius 1 is 1.61 bits per heavy atom. The van der Waals surface area contributed by atoms with Crippen LogP contribution in [0.2, 0.25) is 0 Å². The van der Waals surface area contributed by atoms with Crippen molar-refractivity contribution in [3.63, 3.8) is 0 Å². The highest BCUT2D eigenvalue weighted by Crippen LogP contribution is 2.44. The van der Waals surface area contributed by atoms with Crippen LogP contribution >= 0.6 is 0 Å². The van der Waals surface area contributed by atoms with Crippen LogP contribution in [-0.2, 0) is 16.0 Å². The number of carbonyl (C=O) groups is 2. The summed E-state index contributed by atoms with van der Waals surface area (Å²) >= 11 is 0. The molecule has 0 saturated heterocycles. The summed E-state index contributed by atoms with van der Waals surface area (Å²) in [6.45, 7) is 0.259. The highest BCUT2D eigenvalue weighted by molar-refractivity contribution is 5.89. The molecule has 1 aromatic heterocycles. The first-order valence-electron chi connectivity index (χ1n) is 5.78. The fraction of sp³-hybridized carbons (Fsp3) is 0.545. The number of aliphatic carboxylic acids is 1. The molecule has 7 heteroatoms. The summed E-state index contributed by atoms with van der Waals surface area (Å²) in [5, 5.41) is 11.6. The number of nitrogens with zero attached hydrogens (tertiary/aromatic N) is 1. The Balaban J connectivity index is 1.98. The number of H-pyrrole nitrogens is 1. The molecule has 0 aliphatic heterocycles. The molecule has 0 spiro atoms. The van der Waals surface area contributed by atoms with E-state index in [9.17, 15) is 9.59 Å². The molecule has 98 valence electrons. The van der Waals surface area contributed by atoms with Crippen LogP contribution in [0.4, 0.5) is 0 Å². The van der Waals surface area contributed by atoms with Gasteiger partial charge in [-0.3, -0.25) is 4.79 Å². The highest BCUT2D eigenvalue weighted by Gasteiger charge is 2.49. The number of carboxylic acids is 1. The average Bonchev–Trinajstić information content (AvgIpc) is 2.99. The monoisotopic (exact) mass is 252 g/mol. The fourth-order valence-corrected chi connectivity index (χ4v) is 1.80. The summed E-state index contributed by atoms with van der Waals surface area (Å²) < 4.78 is 0. The van der Waals surface area contributed by atoms with E-state index < -0.39 is 17.4 Å². The van der Waals surface area contributed by atoms with E-state index in [1.54, 1.807) is 0 Å². The van der Waals surface area contributed by atoms with Gasteiger partial charge in [-0.15, -0.1) is 0 Å². The van der Waals surface area contributed by atoms with Gasteiger partial charge >= 0.3 is 5.97 Å². The molecule has 1 aliphatic carbocycles. The van der Waals surface area contributed by atoms with Crippen LogP contribution in [0, 0.1) is 5.41 Å². The molecule has 1 fully saturated rings. The molecule has 0 bridgehead atoms. The van der Waals surface area contributed by atoms with E-state index in [0.717, 1.165) is 12.8 Å². The minimum atomic E-state index is -1.06. The largest absolute Gasteiger partial charge is 0.480 e. The van der Waals surface area contributed by atoms with Crippen molar-refractivity contribution in [3.8, 4) is 0 Å². The Labute approximate surface area is 104 Å². The zero-order chi connectivity index (χ0) is 13.2. The van der Waals surface area contributed by atoms with Crippen LogP contribution in [0.3, 0.4) is 0 Å². The van der Waals surface area contributed by atoms with Gasteiger partial charge in [0.2, 0.25) is 5.91 Å². The normalized spacial score (nSPS) is 18.1. The van der Waals surface area contributed by atoms with Crippen molar-refractivity contribution in [1.82, 2.24) is 15.3 Å². The van der Waals surface area contributed by atoms with Crippen LogP contribution in [0.5, 0.6) is 0 Å². The van der Waals surface area contributed by atoms with Crippen LogP contribution in [0.15, 0.2) is 12.5 Å². The van der Waals surface area contributed by atoms with Crippen molar-refractivity contribution in [1.29, 1.82) is 0 Å². The summed E-state index contributed by atoms with van der Waals surface area (Å²) in [6, 6.07) is -0.957. The Bertz CT molecular complexity index is 439. The first-order valence-corrected chi connectivity index (χ1v) is 5.78. The lowest BCUT2D eigenvalue weighted by molar-refractivity contribution is -0.142. The first-order chi connectivity index (χ1) is 8.57. The predicted molar refractivity (Wildman–Crippen MR) is 62.6 cm³/mol. The summed E-state index contributed by atoms with van der Waals surface area (Å²) in [4.78, 5) is 29.7. The maximum absolute atomic E-state index is 11.9. The second-order valence-electron chi connectivity index (χ2n) is 4.63. The van der Waals surface area contributed by atoms with Crippen molar-refractivity contribution in [2.45, 2.75) is 25.3 Å². The molecule has 7 nitrogen and oxygen atoms in total. The van der Waals surface area contributed by atoms with Crippen molar-refractivity contribution in [2.24, 2.45) is 11.1 Å². The zero-order valence-electron chi connectivity index (χ0n) is 9.85. The van der Waals surface area contributed by atoms with E-state index in [-0.39, 0.29) is 18.9 Å². The molecular formula is C11H16N4O3. The number of carboxylic acid groups (broad SMARTS) is 1. The van der Waals surface area contributed by atoms with Gasteiger partial charge in [-0.2, -0.15) is 0 Å². The van der Waals surface area contributed by atoms with Crippen LogP contribution in [-0.4, -0.2) is 39.5 Å². The number of hydrogen-bond donors (Lipinski definition) is 4. The van der Waals surface area contributed by atoms with E-state index in [4.69, 9.17) is 10.8 Å². The summed E-state index contributed by atoms with van der Waals surface area (Å²) in [5.41, 5.74) is 5.66. The second-order valence-corrected chi connectivity index (χ2v) is 4.63. The molecule has 1 saturated carbocycles. The third kappa shape index (κ3) is 2.51. The van der Waals surface area contributed by atoms with Gasteiger partial charge in [0.05, 0.1) is 11.7 Å². The van der Waals surface area contributed by atoms with Gasteiger partial charge in [0.1, 0.15) is 6.04 Å². The number of hydrogen-bond acceptors (Lipinski definition) is 4. The Morgan fingerprint density at radius 2 is 2.33 bits per heavy atom. The third-order valence-electron chi connectivity index (χ3n) is 3.31.